The number of hydrogen-bond donors (Lipinski definition) is 1. The van der Waals surface area contributed by atoms with Crippen LogP contribution in [0.25, 0.3) is 0 Å². The zero-order valence-corrected chi connectivity index (χ0v) is 12.2. The van der Waals surface area contributed by atoms with Gasteiger partial charge in [0.05, 0.1) is 11.5 Å². The first kappa shape index (κ1) is 16.4. The topological polar surface area (TPSA) is 81.5 Å². The van der Waals surface area contributed by atoms with Gasteiger partial charge in [-0.2, -0.15) is 0 Å². The minimum Gasteiger partial charge on any atom is -0.491 e. The molecule has 0 saturated heterocycles. The Morgan fingerprint density at radius 3 is 2.74 bits per heavy atom. The van der Waals surface area contributed by atoms with Crippen LogP contribution in [0.5, 0.6) is 5.75 Å². The summed E-state index contributed by atoms with van der Waals surface area (Å²) in [4.78, 5) is 21.9. The van der Waals surface area contributed by atoms with E-state index in [1.807, 2.05) is 0 Å². The lowest BCUT2D eigenvalue weighted by molar-refractivity contribution is -0.384. The van der Waals surface area contributed by atoms with Crippen molar-refractivity contribution < 1.29 is 18.8 Å². The molecule has 6 nitrogen and oxygen atoms in total. The molecular weight excluding hydrogens is 303 g/mol. The summed E-state index contributed by atoms with van der Waals surface area (Å²) in [6.07, 6.45) is 0.562. The third-order valence-electron chi connectivity index (χ3n) is 2.98. The van der Waals surface area contributed by atoms with Crippen molar-refractivity contribution in [2.45, 2.75) is 12.8 Å². The van der Waals surface area contributed by atoms with Gasteiger partial charge in [0.25, 0.3) is 5.69 Å². The van der Waals surface area contributed by atoms with Crippen LogP contribution in [0.2, 0.25) is 0 Å². The van der Waals surface area contributed by atoms with Crippen LogP contribution < -0.4 is 10.1 Å². The first-order valence-corrected chi connectivity index (χ1v) is 6.98. The highest BCUT2D eigenvalue weighted by Crippen LogP contribution is 2.18. The number of nitro benzene ring substituents is 1. The zero-order valence-electron chi connectivity index (χ0n) is 12.2. The average molecular weight is 318 g/mol. The number of benzene rings is 2. The number of nitro groups is 1. The second-order valence-electron chi connectivity index (χ2n) is 4.74. The van der Waals surface area contributed by atoms with Gasteiger partial charge in [0.2, 0.25) is 5.91 Å². The molecular formula is C16H15FN2O4. The van der Waals surface area contributed by atoms with Gasteiger partial charge in [-0.3, -0.25) is 14.9 Å². The number of anilines is 1. The number of nitrogens with zero attached hydrogens (tertiary/aromatic N) is 1. The molecule has 0 aromatic heterocycles. The number of amides is 1. The van der Waals surface area contributed by atoms with Crippen LogP contribution in [0.15, 0.2) is 48.5 Å². The van der Waals surface area contributed by atoms with Gasteiger partial charge in [-0.25, -0.2) is 4.39 Å². The summed E-state index contributed by atoms with van der Waals surface area (Å²) in [6, 6.07) is 11.7. The van der Waals surface area contributed by atoms with E-state index in [0.717, 1.165) is 0 Å². The van der Waals surface area contributed by atoms with Crippen molar-refractivity contribution in [1.29, 1.82) is 0 Å². The standard InChI is InChI=1S/C16H15FN2O4/c17-14-7-1-2-8-15(14)23-10-4-9-16(20)18-12-5-3-6-13(11-12)19(21)22/h1-3,5-8,11H,4,9-10H2,(H,18,20). The van der Waals surface area contributed by atoms with Crippen LogP contribution in [0, 0.1) is 15.9 Å². The van der Waals surface area contributed by atoms with Gasteiger partial charge in [0, 0.05) is 24.2 Å². The van der Waals surface area contributed by atoms with Crippen LogP contribution in [0.3, 0.4) is 0 Å². The predicted molar refractivity (Wildman–Crippen MR) is 82.9 cm³/mol. The molecule has 0 atom stereocenters. The molecule has 0 heterocycles. The van der Waals surface area contributed by atoms with E-state index in [0.29, 0.717) is 12.1 Å². The molecule has 0 radical (unpaired) electrons. The summed E-state index contributed by atoms with van der Waals surface area (Å²) in [6.45, 7) is 0.198. The van der Waals surface area contributed by atoms with Gasteiger partial charge in [0.1, 0.15) is 0 Å². The van der Waals surface area contributed by atoms with Crippen molar-refractivity contribution in [2.75, 3.05) is 11.9 Å². The van der Waals surface area contributed by atoms with Crippen LogP contribution in [-0.4, -0.2) is 17.4 Å². The van der Waals surface area contributed by atoms with Gasteiger partial charge < -0.3 is 10.1 Å². The zero-order chi connectivity index (χ0) is 16.7. The summed E-state index contributed by atoms with van der Waals surface area (Å²) < 4.78 is 18.6. The fourth-order valence-electron chi connectivity index (χ4n) is 1.90. The normalized spacial score (nSPS) is 10.1. The molecule has 2 aromatic rings. The van der Waals surface area contributed by atoms with E-state index in [-0.39, 0.29) is 30.4 Å². The minimum absolute atomic E-state index is 0.0920. The lowest BCUT2D eigenvalue weighted by Gasteiger charge is -2.07. The highest BCUT2D eigenvalue weighted by molar-refractivity contribution is 5.90. The average Bonchev–Trinajstić information content (AvgIpc) is 2.53. The van der Waals surface area contributed by atoms with Crippen molar-refractivity contribution >= 4 is 17.3 Å². The van der Waals surface area contributed by atoms with E-state index >= 15 is 0 Å². The first-order valence-electron chi connectivity index (χ1n) is 6.98. The van der Waals surface area contributed by atoms with Gasteiger partial charge in [-0.15, -0.1) is 0 Å². The van der Waals surface area contributed by atoms with E-state index in [4.69, 9.17) is 4.74 Å². The highest BCUT2D eigenvalue weighted by atomic mass is 19.1. The molecule has 120 valence electrons. The van der Waals surface area contributed by atoms with E-state index in [2.05, 4.69) is 5.32 Å². The monoisotopic (exact) mass is 318 g/mol. The predicted octanol–water partition coefficient (Wildman–Crippen LogP) is 3.53. The Kier molecular flexibility index (Phi) is 5.62. The highest BCUT2D eigenvalue weighted by Gasteiger charge is 2.08. The van der Waals surface area contributed by atoms with E-state index < -0.39 is 10.7 Å². The van der Waals surface area contributed by atoms with Crippen molar-refractivity contribution in [3.63, 3.8) is 0 Å². The van der Waals surface area contributed by atoms with Gasteiger partial charge in [-0.1, -0.05) is 18.2 Å². The molecule has 0 aliphatic carbocycles. The molecule has 0 bridgehead atoms. The fourth-order valence-corrected chi connectivity index (χ4v) is 1.90. The lowest BCUT2D eigenvalue weighted by atomic mass is 10.2. The molecule has 0 spiro atoms. The second-order valence-corrected chi connectivity index (χ2v) is 4.74. The Morgan fingerprint density at radius 1 is 1.22 bits per heavy atom. The molecule has 2 aromatic carbocycles. The maximum absolute atomic E-state index is 13.3. The largest absolute Gasteiger partial charge is 0.491 e. The number of carbonyl (C=O) groups excluding carboxylic acids is 1. The van der Waals surface area contributed by atoms with Crippen molar-refractivity contribution in [2.24, 2.45) is 0 Å². The Balaban J connectivity index is 1.76. The summed E-state index contributed by atoms with van der Waals surface area (Å²) >= 11 is 0. The number of ether oxygens (including phenoxy) is 1. The van der Waals surface area contributed by atoms with Crippen LogP contribution in [-0.2, 0) is 4.79 Å². The molecule has 0 aliphatic heterocycles. The van der Waals surface area contributed by atoms with Gasteiger partial charge in [0.15, 0.2) is 11.6 Å². The Labute approximate surface area is 132 Å². The minimum atomic E-state index is -0.530. The van der Waals surface area contributed by atoms with Gasteiger partial charge in [-0.05, 0) is 24.6 Å². The first-order chi connectivity index (χ1) is 11.1. The van der Waals surface area contributed by atoms with E-state index in [1.54, 1.807) is 18.2 Å². The Morgan fingerprint density at radius 2 is 2.00 bits per heavy atom. The molecule has 0 unspecified atom stereocenters. The van der Waals surface area contributed by atoms with Crippen molar-refractivity contribution in [3.05, 3.63) is 64.5 Å². The summed E-state index contributed by atoms with van der Waals surface area (Å²) in [5, 5.41) is 13.2. The lowest BCUT2D eigenvalue weighted by Crippen LogP contribution is -2.13. The number of para-hydroxylation sites is 1. The summed E-state index contributed by atoms with van der Waals surface area (Å²) in [5.74, 6) is -0.595. The van der Waals surface area contributed by atoms with Crippen LogP contribution in [0.4, 0.5) is 15.8 Å². The number of rotatable bonds is 7. The quantitative estimate of drug-likeness (QED) is 0.481. The Bertz CT molecular complexity index is 706. The number of nitrogens with one attached hydrogen (secondary N) is 1. The smallest absolute Gasteiger partial charge is 0.271 e. The number of carbonyl (C=O) groups is 1. The maximum Gasteiger partial charge on any atom is 0.271 e. The molecule has 0 aliphatic rings. The fraction of sp³-hybridized carbons (Fsp3) is 0.188. The third-order valence-corrected chi connectivity index (χ3v) is 2.98. The molecule has 23 heavy (non-hydrogen) atoms. The van der Waals surface area contributed by atoms with E-state index in [1.165, 1.54) is 30.3 Å². The summed E-state index contributed by atoms with van der Waals surface area (Å²) in [7, 11) is 0. The molecule has 2 rings (SSSR count). The molecule has 7 heteroatoms. The SMILES string of the molecule is O=C(CCCOc1ccccc1F)Nc1cccc([N+](=O)[O-])c1. The number of non-ortho nitro benzene ring substituents is 1. The number of halogens is 1. The third kappa shape index (κ3) is 5.06. The van der Waals surface area contributed by atoms with Crippen LogP contribution >= 0.6 is 0 Å². The second kappa shape index (κ2) is 7.88. The molecule has 1 N–H and O–H groups in total. The van der Waals surface area contributed by atoms with E-state index in [9.17, 15) is 19.3 Å². The van der Waals surface area contributed by atoms with Crippen molar-refractivity contribution in [1.82, 2.24) is 0 Å². The number of hydrogen-bond acceptors (Lipinski definition) is 4. The molecule has 0 saturated carbocycles. The van der Waals surface area contributed by atoms with Gasteiger partial charge >= 0.3 is 0 Å². The molecule has 1 amide bonds. The summed E-state index contributed by atoms with van der Waals surface area (Å²) in [5.41, 5.74) is 0.268. The molecule has 0 fully saturated rings. The van der Waals surface area contributed by atoms with Crippen LogP contribution in [0.1, 0.15) is 12.8 Å². The Hall–Kier alpha value is -2.96. The maximum atomic E-state index is 13.3. The van der Waals surface area contributed by atoms with Crippen molar-refractivity contribution in [3.8, 4) is 5.75 Å².